The highest BCUT2D eigenvalue weighted by Gasteiger charge is 2.27. The van der Waals surface area contributed by atoms with Crippen LogP contribution in [0.4, 0.5) is 5.69 Å². The highest BCUT2D eigenvalue weighted by atomic mass is 35.5. The Bertz CT molecular complexity index is 1030. The van der Waals surface area contributed by atoms with E-state index >= 15 is 0 Å². The summed E-state index contributed by atoms with van der Waals surface area (Å²) in [6, 6.07) is 5.07. The van der Waals surface area contributed by atoms with Crippen molar-refractivity contribution in [1.29, 1.82) is 0 Å². The summed E-state index contributed by atoms with van der Waals surface area (Å²) in [4.78, 5) is 41.4. The molecular formula is C18H21Cl2N5O3. The molecule has 10 heteroatoms. The van der Waals surface area contributed by atoms with Crippen molar-refractivity contribution in [3.8, 4) is 11.4 Å². The van der Waals surface area contributed by atoms with E-state index in [4.69, 9.17) is 11.6 Å². The zero-order valence-electron chi connectivity index (χ0n) is 15.4. The summed E-state index contributed by atoms with van der Waals surface area (Å²) in [7, 11) is 1.63. The summed E-state index contributed by atoms with van der Waals surface area (Å²) in [6.45, 7) is 2.76. The van der Waals surface area contributed by atoms with Gasteiger partial charge in [0.2, 0.25) is 5.91 Å². The molecule has 1 aromatic heterocycles. The molecule has 3 heterocycles. The SMILES string of the molecule is CN1C(=O)Cn2c(nn(CCN3CCCC3)c(=O)c2=O)-c2cc(Cl)ccc21.Cl. The van der Waals surface area contributed by atoms with Gasteiger partial charge >= 0.3 is 11.1 Å². The second-order valence-corrected chi connectivity index (χ2v) is 7.34. The van der Waals surface area contributed by atoms with Crippen LogP contribution in [0.3, 0.4) is 0 Å². The van der Waals surface area contributed by atoms with Crippen LogP contribution in [0, 0.1) is 0 Å². The van der Waals surface area contributed by atoms with Gasteiger partial charge in [0, 0.05) is 24.2 Å². The molecule has 1 amide bonds. The summed E-state index contributed by atoms with van der Waals surface area (Å²) in [5.74, 6) is -0.00772. The maximum Gasteiger partial charge on any atom is 0.332 e. The first kappa shape index (κ1) is 20.6. The lowest BCUT2D eigenvalue weighted by molar-refractivity contribution is -0.118. The van der Waals surface area contributed by atoms with Gasteiger partial charge in [-0.05, 0) is 44.1 Å². The molecule has 0 spiro atoms. The lowest BCUT2D eigenvalue weighted by Gasteiger charge is -2.17. The summed E-state index contributed by atoms with van der Waals surface area (Å²) >= 11 is 6.14. The van der Waals surface area contributed by atoms with Crippen LogP contribution >= 0.6 is 24.0 Å². The number of fused-ring (bicyclic) bond motifs is 3. The number of hydrogen-bond donors (Lipinski definition) is 0. The first-order valence-corrected chi connectivity index (χ1v) is 9.34. The number of carbonyl (C=O) groups is 1. The third-order valence-corrected chi connectivity index (χ3v) is 5.42. The van der Waals surface area contributed by atoms with Crippen molar-refractivity contribution < 1.29 is 4.79 Å². The number of likely N-dealkylation sites (tertiary alicyclic amines) is 1. The minimum absolute atomic E-state index is 0. The Hall–Kier alpha value is -2.16. The van der Waals surface area contributed by atoms with E-state index in [9.17, 15) is 14.4 Å². The number of halogens is 2. The number of amides is 1. The average Bonchev–Trinajstić information content (AvgIpc) is 3.14. The summed E-state index contributed by atoms with van der Waals surface area (Å²) < 4.78 is 2.36. The molecule has 0 aliphatic carbocycles. The second kappa shape index (κ2) is 8.06. The van der Waals surface area contributed by atoms with E-state index in [0.717, 1.165) is 30.5 Å². The van der Waals surface area contributed by atoms with Gasteiger partial charge in [0.05, 0.1) is 12.2 Å². The molecule has 2 aliphatic rings. The molecule has 150 valence electrons. The smallest absolute Gasteiger partial charge is 0.313 e. The zero-order chi connectivity index (χ0) is 19.1. The van der Waals surface area contributed by atoms with Crippen molar-refractivity contribution in [2.75, 3.05) is 31.6 Å². The van der Waals surface area contributed by atoms with E-state index in [0.29, 0.717) is 29.4 Å². The Morgan fingerprint density at radius 2 is 1.79 bits per heavy atom. The third-order valence-electron chi connectivity index (χ3n) is 5.19. The number of aromatic nitrogens is 3. The molecule has 28 heavy (non-hydrogen) atoms. The molecular weight excluding hydrogens is 405 g/mol. The second-order valence-electron chi connectivity index (χ2n) is 6.91. The van der Waals surface area contributed by atoms with Gasteiger partial charge in [0.15, 0.2) is 5.82 Å². The Morgan fingerprint density at radius 1 is 1.07 bits per heavy atom. The van der Waals surface area contributed by atoms with Gasteiger partial charge in [-0.3, -0.25) is 19.0 Å². The van der Waals surface area contributed by atoms with Crippen LogP contribution in [0.15, 0.2) is 27.8 Å². The fraction of sp³-hybridized carbons (Fsp3) is 0.444. The quantitative estimate of drug-likeness (QED) is 0.690. The fourth-order valence-corrected chi connectivity index (χ4v) is 3.80. The monoisotopic (exact) mass is 425 g/mol. The van der Waals surface area contributed by atoms with E-state index in [1.54, 1.807) is 25.2 Å². The molecule has 0 N–H and O–H groups in total. The van der Waals surface area contributed by atoms with Crippen LogP contribution in [0.25, 0.3) is 11.4 Å². The number of likely N-dealkylation sites (N-methyl/N-ethyl adjacent to an activating group) is 1. The standard InChI is InChI=1S/C18H20ClN5O3.ClH/c1-21-14-5-4-12(19)10-13(14)16-20-24(9-8-22-6-2-3-7-22)18(27)17(26)23(16)11-15(21)25;/h4-5,10H,2-3,6-9,11H2,1H3;1H. The topological polar surface area (TPSA) is 80.4 Å². The number of hydrogen-bond acceptors (Lipinski definition) is 5. The first-order valence-electron chi connectivity index (χ1n) is 8.96. The minimum atomic E-state index is -0.740. The summed E-state index contributed by atoms with van der Waals surface area (Å²) in [5.41, 5.74) is -0.287. The van der Waals surface area contributed by atoms with Crippen molar-refractivity contribution >= 4 is 35.6 Å². The number of benzene rings is 1. The van der Waals surface area contributed by atoms with Crippen LogP contribution in [-0.2, 0) is 17.9 Å². The lowest BCUT2D eigenvalue weighted by atomic mass is 10.1. The molecule has 0 unspecified atom stereocenters. The molecule has 0 saturated carbocycles. The van der Waals surface area contributed by atoms with E-state index in [1.165, 1.54) is 9.58 Å². The van der Waals surface area contributed by atoms with Crippen molar-refractivity contribution in [2.24, 2.45) is 0 Å². The molecule has 0 atom stereocenters. The normalized spacial score (nSPS) is 16.4. The van der Waals surface area contributed by atoms with E-state index in [-0.39, 0.29) is 30.7 Å². The number of nitrogens with zero attached hydrogens (tertiary/aromatic N) is 5. The summed E-state index contributed by atoms with van der Waals surface area (Å²) in [6.07, 6.45) is 2.30. The first-order chi connectivity index (χ1) is 13.0. The molecule has 2 aliphatic heterocycles. The average molecular weight is 426 g/mol. The van der Waals surface area contributed by atoms with Gasteiger partial charge in [-0.2, -0.15) is 5.10 Å². The molecule has 0 bridgehead atoms. The van der Waals surface area contributed by atoms with Crippen LogP contribution in [0.5, 0.6) is 0 Å². The molecule has 1 saturated heterocycles. The van der Waals surface area contributed by atoms with E-state index < -0.39 is 11.1 Å². The van der Waals surface area contributed by atoms with E-state index in [2.05, 4.69) is 10.00 Å². The number of rotatable bonds is 3. The fourth-order valence-electron chi connectivity index (χ4n) is 3.63. The van der Waals surface area contributed by atoms with Gasteiger partial charge in [0.1, 0.15) is 6.54 Å². The molecule has 4 rings (SSSR count). The molecule has 1 aromatic carbocycles. The van der Waals surface area contributed by atoms with Crippen LogP contribution in [0.1, 0.15) is 12.8 Å². The van der Waals surface area contributed by atoms with Crippen molar-refractivity contribution in [2.45, 2.75) is 25.9 Å². The number of anilines is 1. The Labute approximate surface area is 172 Å². The predicted molar refractivity (Wildman–Crippen MR) is 110 cm³/mol. The van der Waals surface area contributed by atoms with Gasteiger partial charge in [0.25, 0.3) is 0 Å². The Balaban J connectivity index is 0.00000225. The van der Waals surface area contributed by atoms with Gasteiger partial charge in [-0.15, -0.1) is 12.4 Å². The maximum absolute atomic E-state index is 12.7. The summed E-state index contributed by atoms with van der Waals surface area (Å²) in [5, 5.41) is 4.91. The highest BCUT2D eigenvalue weighted by molar-refractivity contribution is 6.31. The van der Waals surface area contributed by atoms with Gasteiger partial charge in [-0.1, -0.05) is 11.6 Å². The minimum Gasteiger partial charge on any atom is -0.313 e. The van der Waals surface area contributed by atoms with Crippen LogP contribution in [-0.4, -0.2) is 51.8 Å². The molecule has 0 radical (unpaired) electrons. The van der Waals surface area contributed by atoms with Crippen molar-refractivity contribution in [3.63, 3.8) is 0 Å². The van der Waals surface area contributed by atoms with Crippen molar-refractivity contribution in [1.82, 2.24) is 19.2 Å². The molecule has 8 nitrogen and oxygen atoms in total. The Morgan fingerprint density at radius 3 is 2.50 bits per heavy atom. The molecule has 1 fully saturated rings. The molecule has 2 aromatic rings. The van der Waals surface area contributed by atoms with Crippen LogP contribution < -0.4 is 16.0 Å². The number of carbonyl (C=O) groups excluding carboxylic acids is 1. The maximum atomic E-state index is 12.7. The predicted octanol–water partition coefficient (Wildman–Crippen LogP) is 1.22. The van der Waals surface area contributed by atoms with Gasteiger partial charge < -0.3 is 9.80 Å². The highest BCUT2D eigenvalue weighted by Crippen LogP contribution is 2.33. The third kappa shape index (κ3) is 3.59. The largest absolute Gasteiger partial charge is 0.332 e. The van der Waals surface area contributed by atoms with Crippen LogP contribution in [0.2, 0.25) is 5.02 Å². The lowest BCUT2D eigenvalue weighted by Crippen LogP contribution is -2.46. The zero-order valence-corrected chi connectivity index (χ0v) is 17.0. The Kier molecular flexibility index (Phi) is 5.92. The van der Waals surface area contributed by atoms with Crippen molar-refractivity contribution in [3.05, 3.63) is 43.9 Å². The van der Waals surface area contributed by atoms with Gasteiger partial charge in [-0.25, -0.2) is 4.68 Å². The van der Waals surface area contributed by atoms with E-state index in [1.807, 2.05) is 0 Å².